The number of carbonyl (C=O) groups excluding carboxylic acids is 1. The molecule has 0 aliphatic carbocycles. The van der Waals surface area contributed by atoms with Crippen molar-refractivity contribution < 1.29 is 9.32 Å². The molecule has 0 aliphatic rings. The molecule has 3 aromatic rings. The van der Waals surface area contributed by atoms with Crippen molar-refractivity contribution in [1.82, 2.24) is 25.1 Å². The van der Waals surface area contributed by atoms with Gasteiger partial charge in [0.05, 0.1) is 23.6 Å². The van der Waals surface area contributed by atoms with Crippen LogP contribution in [0.25, 0.3) is 16.8 Å². The second-order valence-corrected chi connectivity index (χ2v) is 4.94. The molecule has 9 heteroatoms. The quantitative estimate of drug-likeness (QED) is 0.753. The predicted molar refractivity (Wildman–Crippen MR) is 81.9 cm³/mol. The lowest BCUT2D eigenvalue weighted by atomic mass is 10.1. The zero-order valence-electron chi connectivity index (χ0n) is 12.6. The molecule has 9 nitrogen and oxygen atoms in total. The lowest BCUT2D eigenvalue weighted by Gasteiger charge is -2.01. The van der Waals surface area contributed by atoms with Gasteiger partial charge in [0.25, 0.3) is 0 Å². The van der Waals surface area contributed by atoms with Gasteiger partial charge in [0.1, 0.15) is 12.7 Å². The second kappa shape index (κ2) is 6.21. The Bertz CT molecular complexity index is 974. The highest BCUT2D eigenvalue weighted by molar-refractivity contribution is 5.72. The number of carbonyl (C=O) groups is 1. The van der Waals surface area contributed by atoms with Gasteiger partial charge in [0, 0.05) is 6.92 Å². The number of amides is 1. The Labute approximate surface area is 135 Å². The van der Waals surface area contributed by atoms with Gasteiger partial charge in [-0.1, -0.05) is 17.3 Å². The molecular weight excluding hydrogens is 312 g/mol. The van der Waals surface area contributed by atoms with Crippen LogP contribution < -0.4 is 10.9 Å². The van der Waals surface area contributed by atoms with E-state index in [0.29, 0.717) is 16.8 Å². The van der Waals surface area contributed by atoms with E-state index < -0.39 is 5.63 Å². The topological polar surface area (TPSA) is 119 Å². The van der Waals surface area contributed by atoms with E-state index in [1.54, 1.807) is 24.3 Å². The lowest BCUT2D eigenvalue weighted by molar-refractivity contribution is -0.119. The summed E-state index contributed by atoms with van der Waals surface area (Å²) >= 11 is 0. The van der Waals surface area contributed by atoms with Crippen LogP contribution in [-0.2, 0) is 11.5 Å². The number of nitrogens with one attached hydrogen (secondary N) is 1. The number of aromatic nitrogens is 4. The van der Waals surface area contributed by atoms with E-state index >= 15 is 0 Å². The molecule has 0 spiro atoms. The third-order valence-corrected chi connectivity index (χ3v) is 3.23. The largest absolute Gasteiger partial charge is 0.365 e. The van der Waals surface area contributed by atoms with Crippen molar-refractivity contribution in [3.63, 3.8) is 0 Å². The van der Waals surface area contributed by atoms with Crippen molar-refractivity contribution in [1.29, 1.82) is 5.26 Å². The fourth-order valence-corrected chi connectivity index (χ4v) is 2.07. The van der Waals surface area contributed by atoms with Crippen LogP contribution in [0.2, 0.25) is 0 Å². The maximum atomic E-state index is 11.9. The molecule has 0 radical (unpaired) electrons. The van der Waals surface area contributed by atoms with E-state index in [-0.39, 0.29) is 18.3 Å². The van der Waals surface area contributed by atoms with E-state index in [4.69, 9.17) is 9.78 Å². The van der Waals surface area contributed by atoms with E-state index in [0.717, 1.165) is 0 Å². The number of hydrogen-bond donors (Lipinski definition) is 1. The summed E-state index contributed by atoms with van der Waals surface area (Å²) in [6.07, 6.45) is 3.03. The highest BCUT2D eigenvalue weighted by Crippen LogP contribution is 2.18. The van der Waals surface area contributed by atoms with Crippen LogP contribution in [0, 0.1) is 11.3 Å². The highest BCUT2D eigenvalue weighted by atomic mass is 16.5. The summed E-state index contributed by atoms with van der Waals surface area (Å²) < 4.78 is 7.75. The van der Waals surface area contributed by atoms with E-state index in [2.05, 4.69) is 15.6 Å². The summed E-state index contributed by atoms with van der Waals surface area (Å²) in [5.74, 6) is -0.221. The Morgan fingerprint density at radius 1 is 1.33 bits per heavy atom. The molecule has 2 heterocycles. The standard InChI is InChI=1S/C15H12N6O3/c1-10(22)17-9-20-8-14(15(23)24-20)11-2-4-13(5-3-11)21-7-12(6-16)18-19-21/h2-5,7-8H,9H2,1H3,(H,17,22). The minimum Gasteiger partial charge on any atom is -0.336 e. The first-order chi connectivity index (χ1) is 11.6. The van der Waals surface area contributed by atoms with Crippen molar-refractivity contribution in [3.8, 4) is 22.9 Å². The molecule has 0 bridgehead atoms. The van der Waals surface area contributed by atoms with Crippen LogP contribution >= 0.6 is 0 Å². The third-order valence-electron chi connectivity index (χ3n) is 3.23. The van der Waals surface area contributed by atoms with Crippen LogP contribution in [0.3, 0.4) is 0 Å². The molecule has 24 heavy (non-hydrogen) atoms. The lowest BCUT2D eigenvalue weighted by Crippen LogP contribution is -2.22. The van der Waals surface area contributed by atoms with Crippen molar-refractivity contribution in [2.24, 2.45) is 0 Å². The molecule has 1 amide bonds. The van der Waals surface area contributed by atoms with E-state index in [9.17, 15) is 9.59 Å². The van der Waals surface area contributed by atoms with Crippen molar-refractivity contribution >= 4 is 5.91 Å². The molecule has 0 aliphatic heterocycles. The van der Waals surface area contributed by atoms with Gasteiger partial charge < -0.3 is 9.84 Å². The van der Waals surface area contributed by atoms with E-state index in [1.165, 1.54) is 28.7 Å². The number of nitrogens with zero attached hydrogens (tertiary/aromatic N) is 5. The fraction of sp³-hybridized carbons (Fsp3) is 0.133. The van der Waals surface area contributed by atoms with Gasteiger partial charge in [0.15, 0.2) is 5.69 Å². The molecule has 0 fully saturated rings. The summed E-state index contributed by atoms with van der Waals surface area (Å²) in [6.45, 7) is 1.46. The zero-order chi connectivity index (χ0) is 17.1. The maximum Gasteiger partial charge on any atom is 0.365 e. The zero-order valence-corrected chi connectivity index (χ0v) is 12.6. The van der Waals surface area contributed by atoms with Crippen LogP contribution in [0.4, 0.5) is 0 Å². The average molecular weight is 324 g/mol. The summed E-state index contributed by atoms with van der Waals surface area (Å²) in [5.41, 5.74) is 1.46. The van der Waals surface area contributed by atoms with Gasteiger partial charge in [-0.3, -0.25) is 4.79 Å². The van der Waals surface area contributed by atoms with Gasteiger partial charge in [0.2, 0.25) is 5.91 Å². The molecule has 3 rings (SSSR count). The smallest absolute Gasteiger partial charge is 0.336 e. The van der Waals surface area contributed by atoms with Gasteiger partial charge in [-0.25, -0.2) is 9.48 Å². The van der Waals surface area contributed by atoms with Gasteiger partial charge in [-0.05, 0) is 17.7 Å². The summed E-state index contributed by atoms with van der Waals surface area (Å²) in [5, 5.41) is 18.8. The molecule has 0 atom stereocenters. The SMILES string of the molecule is CC(=O)NCn1cc(-c2ccc(-n3cc(C#N)nn3)cc2)c(=O)o1. The molecule has 0 unspecified atom stereocenters. The number of benzene rings is 1. The molecule has 0 saturated carbocycles. The van der Waals surface area contributed by atoms with E-state index in [1.807, 2.05) is 6.07 Å². The Hall–Kier alpha value is -3.67. The maximum absolute atomic E-state index is 11.9. The van der Waals surface area contributed by atoms with Crippen molar-refractivity contribution in [2.75, 3.05) is 0 Å². The van der Waals surface area contributed by atoms with Crippen LogP contribution in [0.1, 0.15) is 12.6 Å². The summed E-state index contributed by atoms with van der Waals surface area (Å²) in [4.78, 5) is 22.8. The average Bonchev–Trinajstić information content (AvgIpc) is 3.19. The monoisotopic (exact) mass is 324 g/mol. The Morgan fingerprint density at radius 3 is 2.71 bits per heavy atom. The molecule has 2 aromatic heterocycles. The summed E-state index contributed by atoms with van der Waals surface area (Å²) in [7, 11) is 0. The highest BCUT2D eigenvalue weighted by Gasteiger charge is 2.10. The van der Waals surface area contributed by atoms with Crippen LogP contribution in [-0.4, -0.2) is 25.6 Å². The first-order valence-electron chi connectivity index (χ1n) is 6.95. The fourth-order valence-electron chi connectivity index (χ4n) is 2.07. The minimum atomic E-state index is -0.499. The third kappa shape index (κ3) is 3.07. The van der Waals surface area contributed by atoms with Gasteiger partial charge in [-0.15, -0.1) is 5.10 Å². The first-order valence-corrected chi connectivity index (χ1v) is 6.95. The van der Waals surface area contributed by atoms with Crippen LogP contribution in [0.5, 0.6) is 0 Å². The normalized spacial score (nSPS) is 10.3. The van der Waals surface area contributed by atoms with Crippen molar-refractivity contribution in [3.05, 3.63) is 52.8 Å². The first kappa shape index (κ1) is 15.2. The minimum absolute atomic E-state index is 0.0819. The molecule has 1 N–H and O–H groups in total. The molecule has 0 saturated heterocycles. The van der Waals surface area contributed by atoms with Gasteiger partial charge in [-0.2, -0.15) is 10.0 Å². The summed E-state index contributed by atoms with van der Waals surface area (Å²) in [6, 6.07) is 8.86. The van der Waals surface area contributed by atoms with Crippen LogP contribution in [0.15, 0.2) is 46.0 Å². The number of nitriles is 1. The molecule has 120 valence electrons. The van der Waals surface area contributed by atoms with Gasteiger partial charge >= 0.3 is 5.63 Å². The molecule has 1 aromatic carbocycles. The molecular formula is C15H12N6O3. The van der Waals surface area contributed by atoms with Crippen molar-refractivity contribution in [2.45, 2.75) is 13.6 Å². The second-order valence-electron chi connectivity index (χ2n) is 4.94. The predicted octanol–water partition coefficient (Wildman–Crippen LogP) is 0.654. The Kier molecular flexibility index (Phi) is 3.94. The Balaban J connectivity index is 1.84. The number of hydrogen-bond acceptors (Lipinski definition) is 6. The Morgan fingerprint density at radius 2 is 2.08 bits per heavy atom. The number of rotatable bonds is 4.